The zero-order valence-corrected chi connectivity index (χ0v) is 12.9. The second kappa shape index (κ2) is 7.04. The molecule has 1 unspecified atom stereocenters. The molecule has 0 aliphatic heterocycles. The molecular formula is C16H21N3O2. The van der Waals surface area contributed by atoms with Gasteiger partial charge in [0, 0.05) is 25.0 Å². The van der Waals surface area contributed by atoms with E-state index in [0.717, 1.165) is 28.5 Å². The highest BCUT2D eigenvalue weighted by Crippen LogP contribution is 2.29. The maximum absolute atomic E-state index is 5.33. The summed E-state index contributed by atoms with van der Waals surface area (Å²) < 4.78 is 10.6. The van der Waals surface area contributed by atoms with Gasteiger partial charge in [-0.15, -0.1) is 0 Å². The van der Waals surface area contributed by atoms with E-state index in [1.807, 2.05) is 25.1 Å². The predicted molar refractivity (Wildman–Crippen MR) is 81.6 cm³/mol. The first-order valence-corrected chi connectivity index (χ1v) is 6.87. The number of rotatable bonds is 6. The molecule has 0 aliphatic carbocycles. The first-order chi connectivity index (χ1) is 10.1. The third-order valence-corrected chi connectivity index (χ3v) is 3.33. The number of methoxy groups -OCH3 is 2. The maximum Gasteiger partial charge on any atom is 0.161 e. The summed E-state index contributed by atoms with van der Waals surface area (Å²) >= 11 is 0. The van der Waals surface area contributed by atoms with Gasteiger partial charge in [-0.2, -0.15) is 0 Å². The zero-order chi connectivity index (χ0) is 15.2. The lowest BCUT2D eigenvalue weighted by Gasteiger charge is -2.16. The molecule has 0 amide bonds. The monoisotopic (exact) mass is 287 g/mol. The van der Waals surface area contributed by atoms with Gasteiger partial charge in [-0.25, -0.2) is 0 Å². The van der Waals surface area contributed by atoms with Crippen molar-refractivity contribution in [2.24, 2.45) is 0 Å². The molecule has 1 N–H and O–H groups in total. The van der Waals surface area contributed by atoms with Crippen LogP contribution in [-0.4, -0.2) is 24.2 Å². The Bertz CT molecular complexity index is 585. The van der Waals surface area contributed by atoms with Gasteiger partial charge in [0.05, 0.1) is 25.6 Å². The smallest absolute Gasteiger partial charge is 0.161 e. The molecule has 1 aromatic carbocycles. The van der Waals surface area contributed by atoms with Crippen molar-refractivity contribution in [3.63, 3.8) is 0 Å². The fraction of sp³-hybridized carbons (Fsp3) is 0.375. The maximum atomic E-state index is 5.33. The third-order valence-electron chi connectivity index (χ3n) is 3.33. The van der Waals surface area contributed by atoms with Crippen LogP contribution in [0.5, 0.6) is 11.5 Å². The van der Waals surface area contributed by atoms with Gasteiger partial charge >= 0.3 is 0 Å². The fourth-order valence-corrected chi connectivity index (χ4v) is 2.01. The summed E-state index contributed by atoms with van der Waals surface area (Å²) in [6, 6.07) is 6.10. The lowest BCUT2D eigenvalue weighted by atomic mass is 10.1. The number of nitrogens with one attached hydrogen (secondary N) is 1. The highest BCUT2D eigenvalue weighted by Gasteiger charge is 2.10. The average molecular weight is 287 g/mol. The van der Waals surface area contributed by atoms with Crippen molar-refractivity contribution in [2.45, 2.75) is 26.4 Å². The Morgan fingerprint density at radius 2 is 1.86 bits per heavy atom. The van der Waals surface area contributed by atoms with Gasteiger partial charge in [0.15, 0.2) is 11.5 Å². The van der Waals surface area contributed by atoms with E-state index in [-0.39, 0.29) is 6.04 Å². The van der Waals surface area contributed by atoms with Gasteiger partial charge in [0.2, 0.25) is 0 Å². The Kier molecular flexibility index (Phi) is 5.11. The van der Waals surface area contributed by atoms with E-state index in [1.54, 1.807) is 26.6 Å². The van der Waals surface area contributed by atoms with Crippen LogP contribution in [-0.2, 0) is 6.54 Å². The topological polar surface area (TPSA) is 56.3 Å². The number of aromatic nitrogens is 2. The van der Waals surface area contributed by atoms with Gasteiger partial charge in [-0.05, 0) is 31.5 Å². The lowest BCUT2D eigenvalue weighted by Crippen LogP contribution is -2.19. The van der Waals surface area contributed by atoms with Crippen molar-refractivity contribution in [3.8, 4) is 11.5 Å². The van der Waals surface area contributed by atoms with Crippen molar-refractivity contribution in [1.29, 1.82) is 0 Å². The number of hydrogen-bond acceptors (Lipinski definition) is 5. The number of ether oxygens (including phenoxy) is 2. The fourth-order valence-electron chi connectivity index (χ4n) is 2.01. The SMILES string of the molecule is COc1ccc(C(C)NCc2cnc(C)cn2)cc1OC. The molecule has 0 bridgehead atoms. The lowest BCUT2D eigenvalue weighted by molar-refractivity contribution is 0.354. The molecule has 0 aliphatic rings. The van der Waals surface area contributed by atoms with Crippen molar-refractivity contribution in [1.82, 2.24) is 15.3 Å². The summed E-state index contributed by atoms with van der Waals surface area (Å²) in [5.74, 6) is 1.47. The van der Waals surface area contributed by atoms with E-state index in [4.69, 9.17) is 9.47 Å². The molecule has 0 saturated heterocycles. The summed E-state index contributed by atoms with van der Waals surface area (Å²) in [6.07, 6.45) is 3.57. The van der Waals surface area contributed by atoms with Crippen LogP contribution in [0.4, 0.5) is 0 Å². The molecule has 21 heavy (non-hydrogen) atoms. The van der Waals surface area contributed by atoms with Gasteiger partial charge in [-0.1, -0.05) is 6.07 Å². The van der Waals surface area contributed by atoms with E-state index in [0.29, 0.717) is 6.54 Å². The van der Waals surface area contributed by atoms with E-state index in [9.17, 15) is 0 Å². The predicted octanol–water partition coefficient (Wildman–Crippen LogP) is 2.65. The Hall–Kier alpha value is -2.14. The summed E-state index contributed by atoms with van der Waals surface area (Å²) in [5, 5.41) is 3.42. The molecular weight excluding hydrogens is 266 g/mol. The molecule has 2 rings (SSSR count). The second-order valence-electron chi connectivity index (χ2n) is 4.87. The van der Waals surface area contributed by atoms with Crippen LogP contribution in [0.1, 0.15) is 29.9 Å². The van der Waals surface area contributed by atoms with Crippen LogP contribution in [0, 0.1) is 6.92 Å². The number of aryl methyl sites for hydroxylation is 1. The van der Waals surface area contributed by atoms with E-state index >= 15 is 0 Å². The molecule has 1 heterocycles. The Balaban J connectivity index is 2.02. The number of benzene rings is 1. The molecule has 0 radical (unpaired) electrons. The van der Waals surface area contributed by atoms with Crippen molar-refractivity contribution in [2.75, 3.05) is 14.2 Å². The van der Waals surface area contributed by atoms with Crippen LogP contribution in [0.2, 0.25) is 0 Å². The first kappa shape index (κ1) is 15.3. The van der Waals surface area contributed by atoms with Crippen molar-refractivity contribution < 1.29 is 9.47 Å². The normalized spacial score (nSPS) is 12.0. The minimum atomic E-state index is 0.174. The molecule has 1 aromatic heterocycles. The third kappa shape index (κ3) is 3.92. The Morgan fingerprint density at radius 1 is 1.10 bits per heavy atom. The zero-order valence-electron chi connectivity index (χ0n) is 12.9. The van der Waals surface area contributed by atoms with E-state index in [2.05, 4.69) is 22.2 Å². The molecule has 5 heteroatoms. The molecule has 0 saturated carbocycles. The Labute approximate surface area is 125 Å². The van der Waals surface area contributed by atoms with Gasteiger partial charge in [0.1, 0.15) is 0 Å². The summed E-state index contributed by atoms with van der Waals surface area (Å²) in [7, 11) is 3.27. The second-order valence-corrected chi connectivity index (χ2v) is 4.87. The number of hydrogen-bond donors (Lipinski definition) is 1. The Morgan fingerprint density at radius 3 is 2.48 bits per heavy atom. The summed E-state index contributed by atoms with van der Waals surface area (Å²) in [6.45, 7) is 4.70. The molecule has 0 fully saturated rings. The molecule has 112 valence electrons. The van der Waals surface area contributed by atoms with E-state index < -0.39 is 0 Å². The van der Waals surface area contributed by atoms with E-state index in [1.165, 1.54) is 0 Å². The quantitative estimate of drug-likeness (QED) is 0.885. The molecule has 0 spiro atoms. The minimum absolute atomic E-state index is 0.174. The van der Waals surface area contributed by atoms with Gasteiger partial charge < -0.3 is 14.8 Å². The summed E-state index contributed by atoms with van der Waals surface area (Å²) in [4.78, 5) is 8.58. The van der Waals surface area contributed by atoms with Crippen LogP contribution < -0.4 is 14.8 Å². The highest BCUT2D eigenvalue weighted by atomic mass is 16.5. The molecule has 5 nitrogen and oxygen atoms in total. The van der Waals surface area contributed by atoms with Gasteiger partial charge in [-0.3, -0.25) is 9.97 Å². The number of nitrogens with zero attached hydrogens (tertiary/aromatic N) is 2. The largest absolute Gasteiger partial charge is 0.493 e. The van der Waals surface area contributed by atoms with Crippen LogP contribution in [0.15, 0.2) is 30.6 Å². The van der Waals surface area contributed by atoms with Crippen LogP contribution >= 0.6 is 0 Å². The van der Waals surface area contributed by atoms with Crippen LogP contribution in [0.3, 0.4) is 0 Å². The minimum Gasteiger partial charge on any atom is -0.493 e. The molecule has 1 atom stereocenters. The van der Waals surface area contributed by atoms with Crippen molar-refractivity contribution in [3.05, 3.63) is 47.5 Å². The summed E-state index contributed by atoms with van der Waals surface area (Å²) in [5.41, 5.74) is 2.98. The standard InChI is InChI=1S/C16H21N3O2/c1-11-8-19-14(9-17-11)10-18-12(2)13-5-6-15(20-3)16(7-13)21-4/h5-9,12,18H,10H2,1-4H3. The van der Waals surface area contributed by atoms with Crippen LogP contribution in [0.25, 0.3) is 0 Å². The van der Waals surface area contributed by atoms with Gasteiger partial charge in [0.25, 0.3) is 0 Å². The molecule has 2 aromatic rings. The highest BCUT2D eigenvalue weighted by molar-refractivity contribution is 5.43. The van der Waals surface area contributed by atoms with Crippen molar-refractivity contribution >= 4 is 0 Å². The first-order valence-electron chi connectivity index (χ1n) is 6.87. The average Bonchev–Trinajstić information content (AvgIpc) is 2.53.